The maximum absolute atomic E-state index is 12.5. The van der Waals surface area contributed by atoms with Crippen LogP contribution in [0.1, 0.15) is 32.6 Å². The largest absolute Gasteiger partial charge is 0.480 e. The van der Waals surface area contributed by atoms with Crippen LogP contribution in [-0.2, 0) is 9.59 Å². The van der Waals surface area contributed by atoms with Crippen molar-refractivity contribution < 1.29 is 19.5 Å². The number of rotatable bonds is 2. The highest BCUT2D eigenvalue weighted by atomic mass is 16.4. The highest BCUT2D eigenvalue weighted by molar-refractivity contribution is 5.85. The molecule has 0 saturated carbocycles. The third kappa shape index (κ3) is 2.57. The number of hydrogen-bond donors (Lipinski definition) is 2. The Hall–Kier alpha value is -1.79. The second-order valence-electron chi connectivity index (χ2n) is 5.92. The van der Waals surface area contributed by atoms with Gasteiger partial charge in [-0.3, -0.25) is 4.79 Å². The lowest BCUT2D eigenvalue weighted by molar-refractivity contribution is -0.143. The van der Waals surface area contributed by atoms with E-state index >= 15 is 0 Å². The lowest BCUT2D eigenvalue weighted by Gasteiger charge is -2.36. The molecule has 0 spiro atoms. The molecule has 0 bridgehead atoms. The maximum Gasteiger partial charge on any atom is 0.326 e. The molecule has 2 aliphatic heterocycles. The normalized spacial score (nSPS) is 30.4. The Kier molecular flexibility index (Phi) is 3.87. The summed E-state index contributed by atoms with van der Waals surface area (Å²) in [5.41, 5.74) is 4.66. The predicted octanol–water partition coefficient (Wildman–Crippen LogP) is 0.243. The van der Waals surface area contributed by atoms with Crippen LogP contribution in [0.5, 0.6) is 0 Å². The Morgan fingerprint density at radius 1 is 1.25 bits per heavy atom. The minimum Gasteiger partial charge on any atom is -0.480 e. The fraction of sp³-hybridized carbons (Fsp3) is 0.769. The fourth-order valence-electron chi connectivity index (χ4n) is 2.92. The van der Waals surface area contributed by atoms with E-state index in [2.05, 4.69) is 0 Å². The molecule has 0 aromatic rings. The highest BCUT2D eigenvalue weighted by Gasteiger charge is 2.43. The van der Waals surface area contributed by atoms with E-state index in [9.17, 15) is 19.5 Å². The number of nitrogens with zero attached hydrogens (tertiary/aromatic N) is 2. The summed E-state index contributed by atoms with van der Waals surface area (Å²) in [4.78, 5) is 38.1. The molecule has 2 rings (SSSR count). The molecule has 3 N–H and O–H groups in total. The lowest BCUT2D eigenvalue weighted by atomic mass is 9.89. The van der Waals surface area contributed by atoms with E-state index in [1.807, 2.05) is 0 Å². The number of carbonyl (C=O) groups excluding carboxylic acids is 2. The van der Waals surface area contributed by atoms with Crippen molar-refractivity contribution in [3.05, 3.63) is 0 Å². The van der Waals surface area contributed by atoms with Crippen molar-refractivity contribution in [2.45, 2.75) is 38.6 Å². The predicted molar refractivity (Wildman–Crippen MR) is 70.9 cm³/mol. The fourth-order valence-corrected chi connectivity index (χ4v) is 2.92. The van der Waals surface area contributed by atoms with Crippen molar-refractivity contribution in [2.24, 2.45) is 11.1 Å². The van der Waals surface area contributed by atoms with Crippen LogP contribution in [0.25, 0.3) is 0 Å². The average molecular weight is 283 g/mol. The van der Waals surface area contributed by atoms with Gasteiger partial charge in [0.1, 0.15) is 6.04 Å². The third-order valence-electron chi connectivity index (χ3n) is 4.37. The van der Waals surface area contributed by atoms with E-state index in [-0.39, 0.29) is 12.6 Å². The van der Waals surface area contributed by atoms with Gasteiger partial charge in [-0.05, 0) is 32.6 Å². The van der Waals surface area contributed by atoms with E-state index in [0.717, 1.165) is 12.8 Å². The zero-order chi connectivity index (χ0) is 14.9. The summed E-state index contributed by atoms with van der Waals surface area (Å²) in [7, 11) is 0. The van der Waals surface area contributed by atoms with E-state index in [1.165, 1.54) is 4.90 Å². The number of amides is 3. The van der Waals surface area contributed by atoms with Gasteiger partial charge in [-0.15, -0.1) is 0 Å². The molecule has 0 aromatic heterocycles. The first-order valence-electron chi connectivity index (χ1n) is 6.93. The first-order valence-corrected chi connectivity index (χ1v) is 6.93. The number of nitrogens with two attached hydrogens (primary N) is 1. The Labute approximate surface area is 117 Å². The molecular weight excluding hydrogens is 262 g/mol. The van der Waals surface area contributed by atoms with E-state index in [1.54, 1.807) is 11.8 Å². The second-order valence-corrected chi connectivity index (χ2v) is 5.92. The number of carboxylic acid groups (broad SMARTS) is 1. The van der Waals surface area contributed by atoms with Gasteiger partial charge in [0, 0.05) is 19.6 Å². The lowest BCUT2D eigenvalue weighted by Crippen LogP contribution is -2.53. The number of carboxylic acids is 1. The topological polar surface area (TPSA) is 104 Å². The van der Waals surface area contributed by atoms with Gasteiger partial charge in [-0.1, -0.05) is 0 Å². The molecular formula is C13H21N3O4. The maximum atomic E-state index is 12.5. The molecule has 2 aliphatic rings. The Morgan fingerprint density at radius 2 is 1.95 bits per heavy atom. The van der Waals surface area contributed by atoms with Crippen molar-refractivity contribution in [1.82, 2.24) is 9.80 Å². The molecule has 0 aromatic carbocycles. The zero-order valence-electron chi connectivity index (χ0n) is 11.7. The van der Waals surface area contributed by atoms with Crippen LogP contribution in [0.15, 0.2) is 0 Å². The van der Waals surface area contributed by atoms with Crippen LogP contribution in [0.3, 0.4) is 0 Å². The summed E-state index contributed by atoms with van der Waals surface area (Å²) in [5, 5.41) is 9.20. The van der Waals surface area contributed by atoms with Gasteiger partial charge in [0.2, 0.25) is 5.91 Å². The molecule has 2 fully saturated rings. The first kappa shape index (κ1) is 14.6. The van der Waals surface area contributed by atoms with E-state index < -0.39 is 23.3 Å². The minimum atomic E-state index is -0.963. The first-order chi connectivity index (χ1) is 9.35. The van der Waals surface area contributed by atoms with E-state index in [0.29, 0.717) is 25.9 Å². The summed E-state index contributed by atoms with van der Waals surface area (Å²) >= 11 is 0. The number of urea groups is 1. The molecule has 7 nitrogen and oxygen atoms in total. The monoisotopic (exact) mass is 283 g/mol. The Morgan fingerprint density at radius 3 is 2.50 bits per heavy atom. The van der Waals surface area contributed by atoms with E-state index in [4.69, 9.17) is 5.73 Å². The number of likely N-dealkylation sites (tertiary alicyclic amines) is 2. The third-order valence-corrected chi connectivity index (χ3v) is 4.37. The van der Waals surface area contributed by atoms with Crippen molar-refractivity contribution in [3.8, 4) is 0 Å². The second kappa shape index (κ2) is 5.30. The van der Waals surface area contributed by atoms with Gasteiger partial charge in [0.15, 0.2) is 0 Å². The van der Waals surface area contributed by atoms with Crippen molar-refractivity contribution in [2.75, 3.05) is 19.6 Å². The number of primary amides is 1. The van der Waals surface area contributed by atoms with Crippen LogP contribution in [0.2, 0.25) is 0 Å². The SMILES string of the molecule is CC1(C(N)=O)CCN(C(=O)N2CCCCC2C(=O)O)C1. The standard InChI is InChI=1S/C13H21N3O4/c1-13(11(14)19)5-7-15(8-13)12(20)16-6-3-2-4-9(16)10(17)18/h9H,2-8H2,1H3,(H2,14,19)(H,17,18). The average Bonchev–Trinajstić information content (AvgIpc) is 2.82. The zero-order valence-corrected chi connectivity index (χ0v) is 11.7. The van der Waals surface area contributed by atoms with Crippen LogP contribution in [0.4, 0.5) is 4.79 Å². The van der Waals surface area contributed by atoms with Gasteiger partial charge in [0.25, 0.3) is 0 Å². The van der Waals surface area contributed by atoms with Crippen LogP contribution in [0, 0.1) is 5.41 Å². The number of aliphatic carboxylic acids is 1. The number of carbonyl (C=O) groups is 3. The van der Waals surface area contributed by atoms with Crippen molar-refractivity contribution in [1.29, 1.82) is 0 Å². The van der Waals surface area contributed by atoms with Crippen LogP contribution in [-0.4, -0.2) is 58.5 Å². The molecule has 112 valence electrons. The molecule has 20 heavy (non-hydrogen) atoms. The van der Waals surface area contributed by atoms with Gasteiger partial charge in [-0.2, -0.15) is 0 Å². The smallest absolute Gasteiger partial charge is 0.326 e. The van der Waals surface area contributed by atoms with Gasteiger partial charge in [0.05, 0.1) is 5.41 Å². The Balaban J connectivity index is 2.08. The summed E-state index contributed by atoms with van der Waals surface area (Å²) in [6, 6.07) is -1.04. The van der Waals surface area contributed by atoms with Crippen molar-refractivity contribution in [3.63, 3.8) is 0 Å². The highest BCUT2D eigenvalue weighted by Crippen LogP contribution is 2.31. The van der Waals surface area contributed by atoms with Crippen molar-refractivity contribution >= 4 is 17.9 Å². The van der Waals surface area contributed by atoms with Crippen LogP contribution < -0.4 is 5.73 Å². The molecule has 0 aliphatic carbocycles. The molecule has 0 radical (unpaired) electrons. The Bertz CT molecular complexity index is 439. The number of piperidine rings is 1. The molecule has 2 saturated heterocycles. The van der Waals surface area contributed by atoms with Gasteiger partial charge in [-0.25, -0.2) is 9.59 Å². The summed E-state index contributed by atoms with van der Waals surface area (Å²) in [5.74, 6) is -1.38. The summed E-state index contributed by atoms with van der Waals surface area (Å²) < 4.78 is 0. The van der Waals surface area contributed by atoms with Crippen LogP contribution >= 0.6 is 0 Å². The quantitative estimate of drug-likeness (QED) is 0.757. The molecule has 2 unspecified atom stereocenters. The summed E-state index contributed by atoms with van der Waals surface area (Å²) in [6.07, 6.45) is 2.65. The molecule has 7 heteroatoms. The number of hydrogen-bond acceptors (Lipinski definition) is 3. The summed E-state index contributed by atoms with van der Waals surface area (Å²) in [6.45, 7) is 2.91. The van der Waals surface area contributed by atoms with Gasteiger partial charge < -0.3 is 20.6 Å². The molecule has 2 atom stereocenters. The minimum absolute atomic E-state index is 0.268. The van der Waals surface area contributed by atoms with Gasteiger partial charge >= 0.3 is 12.0 Å². The molecule has 2 heterocycles. The molecule has 3 amide bonds.